The first kappa shape index (κ1) is 13.6. The van der Waals surface area contributed by atoms with Gasteiger partial charge in [-0.3, -0.25) is 4.79 Å². The highest BCUT2D eigenvalue weighted by Gasteiger charge is 2.07. The number of aliphatic hydroxyl groups excluding tert-OH is 1. The van der Waals surface area contributed by atoms with Crippen molar-refractivity contribution in [3.63, 3.8) is 0 Å². The fraction of sp³-hybridized carbons (Fsp3) is 0.917. The summed E-state index contributed by atoms with van der Waals surface area (Å²) in [6.07, 6.45) is 8.29. The topological polar surface area (TPSA) is 37.3 Å². The standard InChI is InChI=1S/C12H24O2/c1-3-4-5-6-7-8-9-10-12(14)11(2)13/h11,13H,3-10H2,1-2H3. The Morgan fingerprint density at radius 2 is 1.57 bits per heavy atom. The van der Waals surface area contributed by atoms with E-state index < -0.39 is 6.10 Å². The molecule has 0 amide bonds. The first-order valence-electron chi connectivity index (χ1n) is 5.89. The number of rotatable bonds is 9. The summed E-state index contributed by atoms with van der Waals surface area (Å²) in [6.45, 7) is 3.75. The minimum atomic E-state index is -0.768. The van der Waals surface area contributed by atoms with Crippen LogP contribution >= 0.6 is 0 Å². The smallest absolute Gasteiger partial charge is 0.160 e. The number of carbonyl (C=O) groups is 1. The number of hydrogen-bond donors (Lipinski definition) is 1. The molecule has 0 rings (SSSR count). The Labute approximate surface area is 87.7 Å². The van der Waals surface area contributed by atoms with E-state index in [2.05, 4.69) is 6.92 Å². The van der Waals surface area contributed by atoms with Crippen LogP contribution in [0.3, 0.4) is 0 Å². The molecule has 0 aromatic rings. The van der Waals surface area contributed by atoms with Crippen molar-refractivity contribution >= 4 is 5.78 Å². The van der Waals surface area contributed by atoms with Crippen molar-refractivity contribution in [2.24, 2.45) is 0 Å². The van der Waals surface area contributed by atoms with Gasteiger partial charge in [0.1, 0.15) is 6.10 Å². The highest BCUT2D eigenvalue weighted by Crippen LogP contribution is 2.09. The summed E-state index contributed by atoms with van der Waals surface area (Å²) in [5, 5.41) is 8.94. The molecule has 0 radical (unpaired) electrons. The molecule has 2 nitrogen and oxygen atoms in total. The van der Waals surface area contributed by atoms with Crippen molar-refractivity contribution < 1.29 is 9.90 Å². The van der Waals surface area contributed by atoms with Crippen molar-refractivity contribution in [3.8, 4) is 0 Å². The summed E-state index contributed by atoms with van der Waals surface area (Å²) in [5.41, 5.74) is 0. The SMILES string of the molecule is CCCCCCCCCC(=O)C(C)O. The maximum atomic E-state index is 11.0. The number of ketones is 1. The molecule has 14 heavy (non-hydrogen) atoms. The minimum Gasteiger partial charge on any atom is -0.386 e. The van der Waals surface area contributed by atoms with Gasteiger partial charge in [0.25, 0.3) is 0 Å². The van der Waals surface area contributed by atoms with Crippen molar-refractivity contribution in [1.29, 1.82) is 0 Å². The Balaban J connectivity index is 3.10. The molecular weight excluding hydrogens is 176 g/mol. The largest absolute Gasteiger partial charge is 0.386 e. The molecule has 0 fully saturated rings. The Hall–Kier alpha value is -0.370. The first-order chi connectivity index (χ1) is 6.68. The second-order valence-electron chi connectivity index (χ2n) is 4.01. The van der Waals surface area contributed by atoms with Crippen LogP contribution in [0.5, 0.6) is 0 Å². The molecule has 0 spiro atoms. The number of Topliss-reactive ketones (excluding diaryl/α,β-unsaturated/α-hetero) is 1. The Morgan fingerprint density at radius 1 is 1.07 bits per heavy atom. The van der Waals surface area contributed by atoms with E-state index in [1.54, 1.807) is 6.92 Å². The van der Waals surface area contributed by atoms with Gasteiger partial charge in [-0.25, -0.2) is 0 Å². The molecule has 0 saturated carbocycles. The van der Waals surface area contributed by atoms with Gasteiger partial charge in [-0.05, 0) is 13.3 Å². The lowest BCUT2D eigenvalue weighted by atomic mass is 10.1. The summed E-state index contributed by atoms with van der Waals surface area (Å²) in [5.74, 6) is -0.0152. The molecule has 0 saturated heterocycles. The van der Waals surface area contributed by atoms with E-state index in [-0.39, 0.29) is 5.78 Å². The van der Waals surface area contributed by atoms with Crippen LogP contribution < -0.4 is 0 Å². The molecule has 0 bridgehead atoms. The molecular formula is C12H24O2. The fourth-order valence-electron chi connectivity index (χ4n) is 1.47. The van der Waals surface area contributed by atoms with Crippen LogP contribution in [0, 0.1) is 0 Å². The third kappa shape index (κ3) is 8.24. The highest BCUT2D eigenvalue weighted by molar-refractivity contribution is 5.82. The van der Waals surface area contributed by atoms with Gasteiger partial charge in [0.2, 0.25) is 0 Å². The molecule has 84 valence electrons. The van der Waals surface area contributed by atoms with Crippen molar-refractivity contribution in [3.05, 3.63) is 0 Å². The molecule has 0 aliphatic carbocycles. The quantitative estimate of drug-likeness (QED) is 0.581. The zero-order chi connectivity index (χ0) is 10.8. The summed E-state index contributed by atoms with van der Waals surface area (Å²) < 4.78 is 0. The molecule has 1 unspecified atom stereocenters. The number of hydrogen-bond acceptors (Lipinski definition) is 2. The molecule has 0 heterocycles. The zero-order valence-electron chi connectivity index (χ0n) is 9.59. The van der Waals surface area contributed by atoms with E-state index in [9.17, 15) is 4.79 Å². The van der Waals surface area contributed by atoms with Crippen LogP contribution in [-0.2, 0) is 4.79 Å². The fourth-order valence-corrected chi connectivity index (χ4v) is 1.47. The lowest BCUT2D eigenvalue weighted by Gasteiger charge is -2.03. The van der Waals surface area contributed by atoms with Gasteiger partial charge < -0.3 is 5.11 Å². The van der Waals surface area contributed by atoms with Crippen LogP contribution in [0.15, 0.2) is 0 Å². The summed E-state index contributed by atoms with van der Waals surface area (Å²) in [7, 11) is 0. The molecule has 2 heteroatoms. The van der Waals surface area contributed by atoms with Gasteiger partial charge in [-0.1, -0.05) is 45.4 Å². The van der Waals surface area contributed by atoms with Crippen molar-refractivity contribution in [2.75, 3.05) is 0 Å². The van der Waals surface area contributed by atoms with Crippen molar-refractivity contribution in [1.82, 2.24) is 0 Å². The maximum Gasteiger partial charge on any atom is 0.160 e. The monoisotopic (exact) mass is 200 g/mol. The molecule has 0 aromatic carbocycles. The van der Waals surface area contributed by atoms with Crippen LogP contribution in [0.1, 0.15) is 65.2 Å². The van der Waals surface area contributed by atoms with Gasteiger partial charge in [0.05, 0.1) is 0 Å². The average Bonchev–Trinajstić information content (AvgIpc) is 2.16. The van der Waals surface area contributed by atoms with Crippen molar-refractivity contribution in [2.45, 2.75) is 71.3 Å². The molecule has 0 aromatic heterocycles. The van der Waals surface area contributed by atoms with E-state index in [1.165, 1.54) is 32.1 Å². The molecule has 1 N–H and O–H groups in total. The third-order valence-corrected chi connectivity index (χ3v) is 2.49. The number of unbranched alkanes of at least 4 members (excludes halogenated alkanes) is 6. The van der Waals surface area contributed by atoms with E-state index in [4.69, 9.17) is 5.11 Å². The second-order valence-corrected chi connectivity index (χ2v) is 4.01. The summed E-state index contributed by atoms with van der Waals surface area (Å²) in [4.78, 5) is 11.0. The van der Waals surface area contributed by atoms with Crippen LogP contribution in [0.25, 0.3) is 0 Å². The predicted octanol–water partition coefficient (Wildman–Crippen LogP) is 3.08. The Morgan fingerprint density at radius 3 is 2.07 bits per heavy atom. The van der Waals surface area contributed by atoms with Gasteiger partial charge in [0.15, 0.2) is 5.78 Å². The number of carbonyl (C=O) groups excluding carboxylic acids is 1. The van der Waals surface area contributed by atoms with Gasteiger partial charge in [-0.15, -0.1) is 0 Å². The van der Waals surface area contributed by atoms with E-state index >= 15 is 0 Å². The first-order valence-corrected chi connectivity index (χ1v) is 5.89. The Bertz CT molecular complexity index is 141. The summed E-state index contributed by atoms with van der Waals surface area (Å²) >= 11 is 0. The van der Waals surface area contributed by atoms with Gasteiger partial charge in [0, 0.05) is 6.42 Å². The van der Waals surface area contributed by atoms with E-state index in [0.717, 1.165) is 12.8 Å². The zero-order valence-corrected chi connectivity index (χ0v) is 9.59. The third-order valence-electron chi connectivity index (χ3n) is 2.49. The van der Waals surface area contributed by atoms with Crippen LogP contribution in [0.2, 0.25) is 0 Å². The van der Waals surface area contributed by atoms with Crippen LogP contribution in [0.4, 0.5) is 0 Å². The predicted molar refractivity (Wildman–Crippen MR) is 59.3 cm³/mol. The molecule has 0 aliphatic rings. The normalized spacial score (nSPS) is 12.8. The molecule has 0 aliphatic heterocycles. The van der Waals surface area contributed by atoms with E-state index in [1.807, 2.05) is 0 Å². The lowest BCUT2D eigenvalue weighted by Crippen LogP contribution is -2.15. The average molecular weight is 200 g/mol. The lowest BCUT2D eigenvalue weighted by molar-refractivity contribution is -0.126. The molecule has 1 atom stereocenters. The Kier molecular flexibility index (Phi) is 8.95. The second kappa shape index (κ2) is 9.20. The number of aliphatic hydroxyl groups is 1. The highest BCUT2D eigenvalue weighted by atomic mass is 16.3. The maximum absolute atomic E-state index is 11.0. The minimum absolute atomic E-state index is 0.0152. The summed E-state index contributed by atoms with van der Waals surface area (Å²) in [6, 6.07) is 0. The van der Waals surface area contributed by atoms with Crippen LogP contribution in [-0.4, -0.2) is 17.0 Å². The van der Waals surface area contributed by atoms with Gasteiger partial charge in [-0.2, -0.15) is 0 Å². The van der Waals surface area contributed by atoms with E-state index in [0.29, 0.717) is 6.42 Å². The van der Waals surface area contributed by atoms with Gasteiger partial charge >= 0.3 is 0 Å².